The van der Waals surface area contributed by atoms with E-state index in [4.69, 9.17) is 0 Å². The minimum Gasteiger partial charge on any atom is -0.505 e. The van der Waals surface area contributed by atoms with Crippen molar-refractivity contribution < 1.29 is 14.3 Å². The average Bonchev–Trinajstić information content (AvgIpc) is 2.34. The first-order chi connectivity index (χ1) is 8.16. The number of benzene rings is 2. The summed E-state index contributed by atoms with van der Waals surface area (Å²) in [7, 11) is 0. The lowest BCUT2D eigenvalue weighted by Crippen LogP contribution is -2.03. The zero-order valence-corrected chi connectivity index (χ0v) is 9.06. The van der Waals surface area contributed by atoms with Crippen molar-refractivity contribution in [3.63, 3.8) is 0 Å². The van der Waals surface area contributed by atoms with Crippen LogP contribution >= 0.6 is 0 Å². The molecule has 0 amide bonds. The summed E-state index contributed by atoms with van der Waals surface area (Å²) >= 11 is 0. The molecule has 2 aromatic rings. The molecule has 0 saturated heterocycles. The number of carbonyl (C=O) groups is 1. The monoisotopic (exact) mass is 230 g/mol. The van der Waals surface area contributed by atoms with E-state index in [1.807, 2.05) is 30.3 Å². The Morgan fingerprint density at radius 3 is 2.47 bits per heavy atom. The first-order valence-corrected chi connectivity index (χ1v) is 5.22. The fourth-order valence-corrected chi connectivity index (χ4v) is 1.57. The third kappa shape index (κ3) is 2.69. The molecule has 0 bridgehead atoms. The number of Topliss-reactive ketones (excluding diaryl/α,β-unsaturated/α-hetero) is 1. The fraction of sp³-hybridized carbons (Fsp3) is 0.0714. The predicted molar refractivity (Wildman–Crippen MR) is 62.5 cm³/mol. The van der Waals surface area contributed by atoms with Crippen LogP contribution in [0.25, 0.3) is 0 Å². The molecule has 2 aromatic carbocycles. The summed E-state index contributed by atoms with van der Waals surface area (Å²) in [5, 5.41) is 9.19. The van der Waals surface area contributed by atoms with Crippen molar-refractivity contribution >= 4 is 5.78 Å². The van der Waals surface area contributed by atoms with E-state index in [1.165, 1.54) is 6.07 Å². The molecule has 0 aromatic heterocycles. The molecular weight excluding hydrogens is 219 g/mol. The number of hydrogen-bond acceptors (Lipinski definition) is 2. The SMILES string of the molecule is O=C(Cc1ccccc1)c1ccc(F)c(O)c1. The molecule has 0 heterocycles. The Bertz CT molecular complexity index is 535. The second-order valence-electron chi connectivity index (χ2n) is 3.75. The van der Waals surface area contributed by atoms with Crippen LogP contribution in [-0.2, 0) is 6.42 Å². The van der Waals surface area contributed by atoms with E-state index >= 15 is 0 Å². The normalized spacial score (nSPS) is 10.2. The van der Waals surface area contributed by atoms with Crippen molar-refractivity contribution in [1.29, 1.82) is 0 Å². The van der Waals surface area contributed by atoms with Gasteiger partial charge in [-0.3, -0.25) is 4.79 Å². The zero-order chi connectivity index (χ0) is 12.3. The third-order valence-corrected chi connectivity index (χ3v) is 2.48. The quantitative estimate of drug-likeness (QED) is 0.823. The van der Waals surface area contributed by atoms with E-state index in [-0.39, 0.29) is 12.2 Å². The van der Waals surface area contributed by atoms with Crippen LogP contribution in [0.15, 0.2) is 48.5 Å². The second kappa shape index (κ2) is 4.78. The number of aromatic hydroxyl groups is 1. The summed E-state index contributed by atoms with van der Waals surface area (Å²) in [6.45, 7) is 0. The summed E-state index contributed by atoms with van der Waals surface area (Å²) < 4.78 is 12.8. The molecule has 0 aliphatic rings. The molecule has 2 nitrogen and oxygen atoms in total. The van der Waals surface area contributed by atoms with E-state index in [0.717, 1.165) is 17.7 Å². The van der Waals surface area contributed by atoms with Gasteiger partial charge >= 0.3 is 0 Å². The van der Waals surface area contributed by atoms with Gasteiger partial charge in [-0.1, -0.05) is 30.3 Å². The van der Waals surface area contributed by atoms with Crippen LogP contribution in [-0.4, -0.2) is 10.9 Å². The lowest BCUT2D eigenvalue weighted by molar-refractivity contribution is 0.0992. The molecule has 3 heteroatoms. The Kier molecular flexibility index (Phi) is 3.19. The van der Waals surface area contributed by atoms with E-state index in [2.05, 4.69) is 0 Å². The molecule has 2 rings (SSSR count). The van der Waals surface area contributed by atoms with Crippen LogP contribution in [0.4, 0.5) is 4.39 Å². The maximum absolute atomic E-state index is 12.8. The third-order valence-electron chi connectivity index (χ3n) is 2.48. The van der Waals surface area contributed by atoms with Crippen LogP contribution in [0.3, 0.4) is 0 Å². The smallest absolute Gasteiger partial charge is 0.167 e. The van der Waals surface area contributed by atoms with Crippen molar-refractivity contribution in [3.8, 4) is 5.75 Å². The first kappa shape index (κ1) is 11.3. The number of phenolic OH excluding ortho intramolecular Hbond substituents is 1. The number of rotatable bonds is 3. The molecule has 0 aliphatic heterocycles. The molecule has 0 radical (unpaired) electrons. The van der Waals surface area contributed by atoms with Crippen molar-refractivity contribution in [2.24, 2.45) is 0 Å². The van der Waals surface area contributed by atoms with Crippen LogP contribution in [0.2, 0.25) is 0 Å². The van der Waals surface area contributed by atoms with Gasteiger partial charge in [-0.05, 0) is 23.8 Å². The molecule has 0 unspecified atom stereocenters. The summed E-state index contributed by atoms with van der Waals surface area (Å²) in [6.07, 6.45) is 0.242. The number of halogens is 1. The first-order valence-electron chi connectivity index (χ1n) is 5.22. The highest BCUT2D eigenvalue weighted by Gasteiger charge is 2.09. The van der Waals surface area contributed by atoms with Gasteiger partial charge < -0.3 is 5.11 Å². The molecule has 0 atom stereocenters. The fourth-order valence-electron chi connectivity index (χ4n) is 1.57. The zero-order valence-electron chi connectivity index (χ0n) is 9.06. The van der Waals surface area contributed by atoms with Gasteiger partial charge in [0.25, 0.3) is 0 Å². The van der Waals surface area contributed by atoms with Gasteiger partial charge in [-0.2, -0.15) is 0 Å². The number of phenols is 1. The van der Waals surface area contributed by atoms with Crippen molar-refractivity contribution in [2.45, 2.75) is 6.42 Å². The lowest BCUT2D eigenvalue weighted by Gasteiger charge is -2.02. The van der Waals surface area contributed by atoms with Gasteiger partial charge in [-0.25, -0.2) is 4.39 Å². The van der Waals surface area contributed by atoms with Crippen LogP contribution in [0, 0.1) is 5.82 Å². The summed E-state index contributed by atoms with van der Waals surface area (Å²) in [6, 6.07) is 12.9. The molecule has 86 valence electrons. The van der Waals surface area contributed by atoms with E-state index in [0.29, 0.717) is 5.56 Å². The standard InChI is InChI=1S/C14H11FO2/c15-12-7-6-11(9-14(12)17)13(16)8-10-4-2-1-3-5-10/h1-7,9,17H,8H2. The van der Waals surface area contributed by atoms with Gasteiger partial charge in [0, 0.05) is 12.0 Å². The number of hydrogen-bond donors (Lipinski definition) is 1. The minimum atomic E-state index is -0.721. The lowest BCUT2D eigenvalue weighted by atomic mass is 10.0. The highest BCUT2D eigenvalue weighted by atomic mass is 19.1. The van der Waals surface area contributed by atoms with Gasteiger partial charge in [0.2, 0.25) is 0 Å². The van der Waals surface area contributed by atoms with Gasteiger partial charge in [-0.15, -0.1) is 0 Å². The summed E-state index contributed by atoms with van der Waals surface area (Å²) in [5.41, 5.74) is 1.20. The molecule has 1 N–H and O–H groups in total. The average molecular weight is 230 g/mol. The van der Waals surface area contributed by atoms with Gasteiger partial charge in [0.05, 0.1) is 0 Å². The minimum absolute atomic E-state index is 0.147. The highest BCUT2D eigenvalue weighted by Crippen LogP contribution is 2.18. The molecule has 0 aliphatic carbocycles. The molecule has 17 heavy (non-hydrogen) atoms. The maximum atomic E-state index is 12.8. The number of carbonyl (C=O) groups excluding carboxylic acids is 1. The second-order valence-corrected chi connectivity index (χ2v) is 3.75. The largest absolute Gasteiger partial charge is 0.505 e. The molecule has 0 saturated carbocycles. The predicted octanol–water partition coefficient (Wildman–Crippen LogP) is 2.96. The van der Waals surface area contributed by atoms with E-state index < -0.39 is 11.6 Å². The van der Waals surface area contributed by atoms with Gasteiger partial charge in [0.15, 0.2) is 17.3 Å². The summed E-state index contributed by atoms with van der Waals surface area (Å²) in [5.74, 6) is -1.36. The summed E-state index contributed by atoms with van der Waals surface area (Å²) in [4.78, 5) is 11.8. The Morgan fingerprint density at radius 2 is 1.82 bits per heavy atom. The highest BCUT2D eigenvalue weighted by molar-refractivity contribution is 5.97. The van der Waals surface area contributed by atoms with Crippen molar-refractivity contribution in [3.05, 3.63) is 65.5 Å². The Hall–Kier alpha value is -2.16. The van der Waals surface area contributed by atoms with Crippen LogP contribution < -0.4 is 0 Å². The maximum Gasteiger partial charge on any atom is 0.167 e. The van der Waals surface area contributed by atoms with Crippen molar-refractivity contribution in [2.75, 3.05) is 0 Å². The van der Waals surface area contributed by atoms with Crippen LogP contribution in [0.1, 0.15) is 15.9 Å². The molecule has 0 fully saturated rings. The Labute approximate surface area is 98.3 Å². The van der Waals surface area contributed by atoms with Crippen LogP contribution in [0.5, 0.6) is 5.75 Å². The molecular formula is C14H11FO2. The Morgan fingerprint density at radius 1 is 1.12 bits per heavy atom. The van der Waals surface area contributed by atoms with E-state index in [1.54, 1.807) is 0 Å². The topological polar surface area (TPSA) is 37.3 Å². The molecule has 0 spiro atoms. The van der Waals surface area contributed by atoms with E-state index in [9.17, 15) is 14.3 Å². The Balaban J connectivity index is 2.18. The number of ketones is 1. The van der Waals surface area contributed by atoms with Crippen molar-refractivity contribution in [1.82, 2.24) is 0 Å². The van der Waals surface area contributed by atoms with Gasteiger partial charge in [0.1, 0.15) is 0 Å².